The van der Waals surface area contributed by atoms with Gasteiger partial charge in [-0.25, -0.2) is 4.79 Å². The van der Waals surface area contributed by atoms with Crippen LogP contribution >= 0.6 is 0 Å². The second-order valence-corrected chi connectivity index (χ2v) is 6.37. The maximum Gasteiger partial charge on any atom is 0.411 e. The average Bonchev–Trinajstić information content (AvgIpc) is 2.59. The third kappa shape index (κ3) is 2.55. The summed E-state index contributed by atoms with van der Waals surface area (Å²) in [7, 11) is 1.39. The molecule has 1 aromatic heterocycles. The third-order valence-corrected chi connectivity index (χ3v) is 5.03. The van der Waals surface area contributed by atoms with Gasteiger partial charge in [0, 0.05) is 35.7 Å². The van der Waals surface area contributed by atoms with E-state index in [1.165, 1.54) is 26.4 Å². The molecule has 1 atom stereocenters. The molecule has 0 spiro atoms. The molecule has 2 aliphatic rings. The molecule has 2 aliphatic heterocycles. The van der Waals surface area contributed by atoms with Gasteiger partial charge >= 0.3 is 6.09 Å². The Morgan fingerprint density at radius 3 is 3.09 bits per heavy atom. The van der Waals surface area contributed by atoms with Crippen molar-refractivity contribution in [1.82, 2.24) is 9.88 Å². The summed E-state index contributed by atoms with van der Waals surface area (Å²) in [4.78, 5) is 19.2. The van der Waals surface area contributed by atoms with Gasteiger partial charge in [-0.3, -0.25) is 15.2 Å². The van der Waals surface area contributed by atoms with Crippen LogP contribution in [0.25, 0.3) is 10.9 Å². The fourth-order valence-electron chi connectivity index (χ4n) is 3.86. The highest BCUT2D eigenvalue weighted by molar-refractivity contribution is 6.00. The number of hydrogen-bond acceptors (Lipinski definition) is 4. The van der Waals surface area contributed by atoms with Crippen LogP contribution in [0.1, 0.15) is 30.5 Å². The summed E-state index contributed by atoms with van der Waals surface area (Å²) in [6.07, 6.45) is 4.34. The first-order valence-corrected chi connectivity index (χ1v) is 8.26. The van der Waals surface area contributed by atoms with Crippen molar-refractivity contribution in [2.24, 2.45) is 0 Å². The second kappa shape index (κ2) is 5.81. The van der Waals surface area contributed by atoms with Crippen molar-refractivity contribution in [3.8, 4) is 0 Å². The Bertz CT molecular complexity index is 759. The molecule has 0 aliphatic carbocycles. The number of nitrogens with zero attached hydrogens (tertiary/aromatic N) is 2. The summed E-state index contributed by atoms with van der Waals surface area (Å²) in [6.45, 7) is 1.99. The molecule has 1 saturated heterocycles. The molecule has 0 bridgehead atoms. The number of ether oxygens (including phenoxy) is 1. The van der Waals surface area contributed by atoms with E-state index in [4.69, 9.17) is 9.72 Å². The van der Waals surface area contributed by atoms with Crippen molar-refractivity contribution in [2.45, 2.75) is 38.3 Å². The second-order valence-electron chi connectivity index (χ2n) is 6.37. The third-order valence-electron chi connectivity index (χ3n) is 5.03. The van der Waals surface area contributed by atoms with Crippen molar-refractivity contribution >= 4 is 22.7 Å². The van der Waals surface area contributed by atoms with Gasteiger partial charge in [0.15, 0.2) is 0 Å². The van der Waals surface area contributed by atoms with E-state index in [0.717, 1.165) is 47.4 Å². The quantitative estimate of drug-likeness (QED) is 0.878. The number of nitrogens with one attached hydrogen (secondary N) is 1. The molecule has 3 heterocycles. The summed E-state index contributed by atoms with van der Waals surface area (Å²) in [5.41, 5.74) is 4.06. The lowest BCUT2D eigenvalue weighted by Crippen LogP contribution is -2.44. The number of carbonyl (C=O) groups is 1. The zero-order valence-corrected chi connectivity index (χ0v) is 13.3. The van der Waals surface area contributed by atoms with Crippen molar-refractivity contribution in [2.75, 3.05) is 19.0 Å². The molecule has 4 rings (SSSR count). The fraction of sp³-hybridized carbons (Fsp3) is 0.444. The molecule has 1 fully saturated rings. The zero-order valence-electron chi connectivity index (χ0n) is 13.3. The smallest absolute Gasteiger partial charge is 0.411 e. The Hall–Kier alpha value is -2.14. The standard InChI is InChI=1S/C18H21N3O2/c1-23-18(22)20-17-13-7-2-3-8-15(13)19-16-10-12-6-4-5-9-21(12)11-14(16)17/h2-3,7-8,12H,4-6,9-11H2,1H3,(H,19,20,22). The lowest BCUT2D eigenvalue weighted by atomic mass is 9.90. The van der Waals surface area contributed by atoms with E-state index in [1.807, 2.05) is 24.3 Å². The van der Waals surface area contributed by atoms with Crippen LogP contribution in [0, 0.1) is 0 Å². The average molecular weight is 311 g/mol. The Labute approximate surface area is 135 Å². The Morgan fingerprint density at radius 1 is 1.35 bits per heavy atom. The monoisotopic (exact) mass is 311 g/mol. The number of piperidine rings is 1. The van der Waals surface area contributed by atoms with E-state index in [-0.39, 0.29) is 0 Å². The SMILES string of the molecule is COC(=O)Nc1c2c(nc3ccccc13)CC1CCCCN1C2. The van der Waals surface area contributed by atoms with Crippen LogP contribution in [0.15, 0.2) is 24.3 Å². The van der Waals surface area contributed by atoms with Gasteiger partial charge in [0.2, 0.25) is 0 Å². The fourth-order valence-corrected chi connectivity index (χ4v) is 3.86. The molecule has 0 radical (unpaired) electrons. The number of aromatic nitrogens is 1. The first kappa shape index (κ1) is 14.5. The maximum atomic E-state index is 11.8. The number of methoxy groups -OCH3 is 1. The molecule has 0 saturated carbocycles. The van der Waals surface area contributed by atoms with Crippen molar-refractivity contribution < 1.29 is 9.53 Å². The van der Waals surface area contributed by atoms with E-state index in [1.54, 1.807) is 0 Å². The molecule has 120 valence electrons. The largest absolute Gasteiger partial charge is 0.453 e. The Morgan fingerprint density at radius 2 is 2.22 bits per heavy atom. The topological polar surface area (TPSA) is 54.5 Å². The zero-order chi connectivity index (χ0) is 15.8. The van der Waals surface area contributed by atoms with Gasteiger partial charge in [0.1, 0.15) is 0 Å². The molecular weight excluding hydrogens is 290 g/mol. The number of amides is 1. The van der Waals surface area contributed by atoms with Crippen LogP contribution in [0.3, 0.4) is 0 Å². The molecule has 1 amide bonds. The lowest BCUT2D eigenvalue weighted by Gasteiger charge is -2.40. The number of para-hydroxylation sites is 1. The molecule has 2 aromatic rings. The van der Waals surface area contributed by atoms with Crippen molar-refractivity contribution in [3.05, 3.63) is 35.5 Å². The number of hydrogen-bond donors (Lipinski definition) is 1. The van der Waals surface area contributed by atoms with Gasteiger partial charge < -0.3 is 4.74 Å². The van der Waals surface area contributed by atoms with Crippen LogP contribution in [0.2, 0.25) is 0 Å². The summed E-state index contributed by atoms with van der Waals surface area (Å²) < 4.78 is 4.82. The molecule has 23 heavy (non-hydrogen) atoms. The Balaban J connectivity index is 1.85. The molecule has 5 heteroatoms. The van der Waals surface area contributed by atoms with Crippen molar-refractivity contribution in [1.29, 1.82) is 0 Å². The first-order chi connectivity index (χ1) is 11.3. The van der Waals surface area contributed by atoms with Crippen LogP contribution in [-0.4, -0.2) is 35.7 Å². The molecular formula is C18H21N3O2. The van der Waals surface area contributed by atoms with E-state index >= 15 is 0 Å². The van der Waals surface area contributed by atoms with Gasteiger partial charge in [-0.1, -0.05) is 24.6 Å². The number of fused-ring (bicyclic) bond motifs is 3. The van der Waals surface area contributed by atoms with E-state index in [9.17, 15) is 4.79 Å². The Kier molecular flexibility index (Phi) is 3.65. The van der Waals surface area contributed by atoms with E-state index < -0.39 is 6.09 Å². The predicted molar refractivity (Wildman–Crippen MR) is 89.5 cm³/mol. The highest BCUT2D eigenvalue weighted by Gasteiger charge is 2.31. The minimum absolute atomic E-state index is 0.427. The highest BCUT2D eigenvalue weighted by Crippen LogP contribution is 2.36. The van der Waals surface area contributed by atoms with Crippen LogP contribution in [0.4, 0.5) is 10.5 Å². The molecule has 1 N–H and O–H groups in total. The number of pyridine rings is 1. The summed E-state index contributed by atoms with van der Waals surface area (Å²) >= 11 is 0. The predicted octanol–water partition coefficient (Wildman–Crippen LogP) is 3.32. The highest BCUT2D eigenvalue weighted by atomic mass is 16.5. The van der Waals surface area contributed by atoms with Crippen LogP contribution in [0.5, 0.6) is 0 Å². The molecule has 5 nitrogen and oxygen atoms in total. The number of carbonyl (C=O) groups excluding carboxylic acids is 1. The minimum Gasteiger partial charge on any atom is -0.453 e. The van der Waals surface area contributed by atoms with Gasteiger partial charge in [-0.2, -0.15) is 0 Å². The van der Waals surface area contributed by atoms with Gasteiger partial charge in [0.25, 0.3) is 0 Å². The van der Waals surface area contributed by atoms with Crippen molar-refractivity contribution in [3.63, 3.8) is 0 Å². The van der Waals surface area contributed by atoms with Gasteiger partial charge in [-0.15, -0.1) is 0 Å². The van der Waals surface area contributed by atoms with Crippen LogP contribution in [-0.2, 0) is 17.7 Å². The maximum absolute atomic E-state index is 11.8. The lowest BCUT2D eigenvalue weighted by molar-refractivity contribution is 0.126. The summed E-state index contributed by atoms with van der Waals surface area (Å²) in [6, 6.07) is 8.57. The normalized spacial score (nSPS) is 20.7. The first-order valence-electron chi connectivity index (χ1n) is 8.26. The van der Waals surface area contributed by atoms with Gasteiger partial charge in [0.05, 0.1) is 18.3 Å². The number of rotatable bonds is 1. The molecule has 1 aromatic carbocycles. The molecule has 1 unspecified atom stereocenters. The van der Waals surface area contributed by atoms with E-state index in [0.29, 0.717) is 6.04 Å². The summed E-state index contributed by atoms with van der Waals surface area (Å²) in [5.74, 6) is 0. The van der Waals surface area contributed by atoms with Crippen LogP contribution < -0.4 is 5.32 Å². The van der Waals surface area contributed by atoms with Gasteiger partial charge in [-0.05, 0) is 25.5 Å². The number of benzene rings is 1. The summed E-state index contributed by atoms with van der Waals surface area (Å²) in [5, 5.41) is 3.91. The number of anilines is 1. The van der Waals surface area contributed by atoms with E-state index in [2.05, 4.69) is 10.2 Å². The minimum atomic E-state index is -0.427.